The van der Waals surface area contributed by atoms with Gasteiger partial charge >= 0.3 is 11.9 Å². The predicted molar refractivity (Wildman–Crippen MR) is 78.9 cm³/mol. The molecule has 1 fully saturated rings. The van der Waals surface area contributed by atoms with Gasteiger partial charge in [-0.05, 0) is 24.6 Å². The fourth-order valence-corrected chi connectivity index (χ4v) is 1.99. The molecular weight excluding hydrogens is 308 g/mol. The van der Waals surface area contributed by atoms with E-state index in [0.717, 1.165) is 11.8 Å². The fraction of sp³-hybridized carbons (Fsp3) is 0.267. The molecule has 1 aliphatic rings. The molecule has 1 N–H and O–H groups in total. The molecule has 0 aromatic heterocycles. The molecule has 1 saturated heterocycles. The van der Waals surface area contributed by atoms with Gasteiger partial charge in [0.25, 0.3) is 5.79 Å². The molecule has 1 aromatic rings. The van der Waals surface area contributed by atoms with E-state index in [1.54, 1.807) is 13.0 Å². The molecule has 1 aromatic carbocycles. The zero-order chi connectivity index (χ0) is 16.5. The van der Waals surface area contributed by atoms with Crippen LogP contribution < -0.4 is 5.32 Å². The van der Waals surface area contributed by atoms with E-state index >= 15 is 0 Å². The Labute approximate surface area is 132 Å². The SMILES string of the molecule is Cc1cc(C#N)c(NC=C2C(=O)OC(C)(C)OC2=O)cc1Cl. The first-order valence-electron chi connectivity index (χ1n) is 6.37. The molecule has 1 aliphatic heterocycles. The average molecular weight is 321 g/mol. The molecule has 22 heavy (non-hydrogen) atoms. The maximum atomic E-state index is 11.8. The van der Waals surface area contributed by atoms with E-state index in [-0.39, 0.29) is 5.57 Å². The Morgan fingerprint density at radius 1 is 1.27 bits per heavy atom. The summed E-state index contributed by atoms with van der Waals surface area (Å²) >= 11 is 6.01. The second-order valence-corrected chi connectivity index (χ2v) is 5.55. The number of nitrogens with one attached hydrogen (secondary N) is 1. The highest BCUT2D eigenvalue weighted by Gasteiger charge is 2.38. The number of halogens is 1. The van der Waals surface area contributed by atoms with Crippen LogP contribution in [0.15, 0.2) is 23.9 Å². The first kappa shape index (κ1) is 15.9. The van der Waals surface area contributed by atoms with Crippen LogP contribution in [0.2, 0.25) is 5.02 Å². The Bertz CT molecular complexity index is 710. The van der Waals surface area contributed by atoms with E-state index in [1.807, 2.05) is 6.07 Å². The number of hydrogen-bond acceptors (Lipinski definition) is 6. The van der Waals surface area contributed by atoms with Crippen LogP contribution in [0, 0.1) is 18.3 Å². The Morgan fingerprint density at radius 2 is 1.86 bits per heavy atom. The lowest BCUT2D eigenvalue weighted by molar-refractivity contribution is -0.222. The number of carbonyl (C=O) groups excluding carboxylic acids is 2. The van der Waals surface area contributed by atoms with E-state index in [4.69, 9.17) is 26.3 Å². The first-order chi connectivity index (χ1) is 10.2. The third kappa shape index (κ3) is 3.21. The normalized spacial score (nSPS) is 16.4. The van der Waals surface area contributed by atoms with Crippen molar-refractivity contribution in [1.82, 2.24) is 0 Å². The largest absolute Gasteiger partial charge is 0.419 e. The van der Waals surface area contributed by atoms with Crippen LogP contribution in [0.3, 0.4) is 0 Å². The number of esters is 2. The van der Waals surface area contributed by atoms with E-state index in [0.29, 0.717) is 16.3 Å². The zero-order valence-electron chi connectivity index (χ0n) is 12.2. The topological polar surface area (TPSA) is 88.4 Å². The molecule has 0 aliphatic carbocycles. The lowest BCUT2D eigenvalue weighted by atomic mass is 10.1. The maximum Gasteiger partial charge on any atom is 0.350 e. The van der Waals surface area contributed by atoms with E-state index in [9.17, 15) is 9.59 Å². The molecule has 1 heterocycles. The van der Waals surface area contributed by atoms with Gasteiger partial charge in [-0.15, -0.1) is 0 Å². The number of benzene rings is 1. The van der Waals surface area contributed by atoms with Gasteiger partial charge in [-0.1, -0.05) is 11.6 Å². The van der Waals surface area contributed by atoms with Crippen molar-refractivity contribution in [2.75, 3.05) is 5.32 Å². The number of ether oxygens (including phenoxy) is 2. The monoisotopic (exact) mass is 320 g/mol. The summed E-state index contributed by atoms with van der Waals surface area (Å²) in [6.45, 7) is 4.68. The predicted octanol–water partition coefficient (Wildman–Crippen LogP) is 2.65. The number of cyclic esters (lactones) is 2. The van der Waals surface area contributed by atoms with Crippen LogP contribution in [0.25, 0.3) is 0 Å². The number of rotatable bonds is 2. The highest BCUT2D eigenvalue weighted by atomic mass is 35.5. The van der Waals surface area contributed by atoms with Crippen molar-refractivity contribution in [2.45, 2.75) is 26.6 Å². The summed E-state index contributed by atoms with van der Waals surface area (Å²) in [4.78, 5) is 23.6. The van der Waals surface area contributed by atoms with Crippen LogP contribution in [0.1, 0.15) is 25.0 Å². The van der Waals surface area contributed by atoms with Gasteiger partial charge in [0.1, 0.15) is 6.07 Å². The molecule has 0 radical (unpaired) electrons. The summed E-state index contributed by atoms with van der Waals surface area (Å²) in [7, 11) is 0. The Kier molecular flexibility index (Phi) is 4.11. The standard InChI is InChI=1S/C15H13ClN2O4/c1-8-4-9(6-17)12(5-11(8)16)18-7-10-13(19)21-15(2,3)22-14(10)20/h4-5,7,18H,1-3H3. The van der Waals surface area contributed by atoms with Crippen LogP contribution in [-0.2, 0) is 19.1 Å². The molecule has 114 valence electrons. The highest BCUT2D eigenvalue weighted by molar-refractivity contribution is 6.31. The average Bonchev–Trinajstić information content (AvgIpc) is 2.40. The molecule has 0 unspecified atom stereocenters. The molecule has 0 saturated carbocycles. The van der Waals surface area contributed by atoms with Crippen molar-refractivity contribution in [3.63, 3.8) is 0 Å². The quantitative estimate of drug-likeness (QED) is 0.512. The van der Waals surface area contributed by atoms with Crippen LogP contribution >= 0.6 is 11.6 Å². The summed E-state index contributed by atoms with van der Waals surface area (Å²) in [6, 6.07) is 5.14. The number of nitrogens with zero attached hydrogens (tertiary/aromatic N) is 1. The van der Waals surface area contributed by atoms with E-state index < -0.39 is 17.7 Å². The van der Waals surface area contributed by atoms with Crippen molar-refractivity contribution in [3.05, 3.63) is 40.1 Å². The minimum absolute atomic E-state index is 0.292. The molecule has 0 amide bonds. The van der Waals surface area contributed by atoms with Crippen LogP contribution in [0.4, 0.5) is 5.69 Å². The van der Waals surface area contributed by atoms with E-state index in [1.165, 1.54) is 19.9 Å². The van der Waals surface area contributed by atoms with Crippen molar-refractivity contribution in [2.24, 2.45) is 0 Å². The smallest absolute Gasteiger partial charge is 0.350 e. The number of anilines is 1. The third-order valence-electron chi connectivity index (χ3n) is 2.91. The Morgan fingerprint density at radius 3 is 2.41 bits per heavy atom. The number of aryl methyl sites for hydroxylation is 1. The molecule has 7 heteroatoms. The van der Waals surface area contributed by atoms with Crippen LogP contribution in [-0.4, -0.2) is 17.7 Å². The zero-order valence-corrected chi connectivity index (χ0v) is 12.9. The van der Waals surface area contributed by atoms with Gasteiger partial charge in [0.15, 0.2) is 5.57 Å². The van der Waals surface area contributed by atoms with Gasteiger partial charge in [0, 0.05) is 25.1 Å². The van der Waals surface area contributed by atoms with Gasteiger partial charge in [0.05, 0.1) is 11.3 Å². The second-order valence-electron chi connectivity index (χ2n) is 5.14. The van der Waals surface area contributed by atoms with Gasteiger partial charge in [0.2, 0.25) is 0 Å². The van der Waals surface area contributed by atoms with Crippen molar-refractivity contribution < 1.29 is 19.1 Å². The third-order valence-corrected chi connectivity index (χ3v) is 3.32. The fourth-order valence-electron chi connectivity index (χ4n) is 1.82. The molecular formula is C15H13ClN2O4. The minimum atomic E-state index is -1.30. The number of hydrogen-bond donors (Lipinski definition) is 1. The molecule has 0 spiro atoms. The number of nitriles is 1. The summed E-state index contributed by atoms with van der Waals surface area (Å²) in [5, 5.41) is 12.3. The Hall–Kier alpha value is -2.52. The van der Waals surface area contributed by atoms with Crippen molar-refractivity contribution in [3.8, 4) is 6.07 Å². The second kappa shape index (κ2) is 5.70. The summed E-state index contributed by atoms with van der Waals surface area (Å²) in [5.74, 6) is -2.90. The Balaban J connectivity index is 2.29. The van der Waals surface area contributed by atoms with Gasteiger partial charge in [-0.25, -0.2) is 9.59 Å². The number of carbonyl (C=O) groups is 2. The molecule has 6 nitrogen and oxygen atoms in total. The molecule has 2 rings (SSSR count). The van der Waals surface area contributed by atoms with Crippen molar-refractivity contribution in [1.29, 1.82) is 5.26 Å². The summed E-state index contributed by atoms with van der Waals surface area (Å²) in [5.41, 5.74) is 1.15. The highest BCUT2D eigenvalue weighted by Crippen LogP contribution is 2.26. The van der Waals surface area contributed by atoms with Crippen LogP contribution in [0.5, 0.6) is 0 Å². The lowest BCUT2D eigenvalue weighted by Gasteiger charge is -2.29. The molecule has 0 bridgehead atoms. The lowest BCUT2D eigenvalue weighted by Crippen LogP contribution is -2.42. The van der Waals surface area contributed by atoms with Gasteiger partial charge in [-0.3, -0.25) is 0 Å². The minimum Gasteiger partial charge on any atom is -0.419 e. The summed E-state index contributed by atoms with van der Waals surface area (Å²) < 4.78 is 9.93. The molecule has 0 atom stereocenters. The van der Waals surface area contributed by atoms with E-state index in [2.05, 4.69) is 5.32 Å². The maximum absolute atomic E-state index is 11.8. The van der Waals surface area contributed by atoms with Gasteiger partial charge < -0.3 is 14.8 Å². The van der Waals surface area contributed by atoms with Gasteiger partial charge in [-0.2, -0.15) is 5.26 Å². The first-order valence-corrected chi connectivity index (χ1v) is 6.75. The summed E-state index contributed by atoms with van der Waals surface area (Å²) in [6.07, 6.45) is 1.14. The van der Waals surface area contributed by atoms with Crippen molar-refractivity contribution >= 4 is 29.2 Å².